The zero-order valence-electron chi connectivity index (χ0n) is 14.1. The van der Waals surface area contributed by atoms with Gasteiger partial charge in [-0.1, -0.05) is 23.7 Å². The highest BCUT2D eigenvalue weighted by molar-refractivity contribution is 7.89. The van der Waals surface area contributed by atoms with Gasteiger partial charge in [-0.05, 0) is 41.3 Å². The molecule has 0 bridgehead atoms. The highest BCUT2D eigenvalue weighted by Crippen LogP contribution is 2.24. The van der Waals surface area contributed by atoms with Crippen LogP contribution in [0.2, 0.25) is 5.02 Å². The van der Waals surface area contributed by atoms with Crippen molar-refractivity contribution in [3.05, 3.63) is 70.8 Å². The van der Waals surface area contributed by atoms with Gasteiger partial charge in [0.15, 0.2) is 0 Å². The lowest BCUT2D eigenvalue weighted by Crippen LogP contribution is -2.36. The number of nitrogens with zero attached hydrogens (tertiary/aromatic N) is 1. The molecule has 1 amide bonds. The fourth-order valence-corrected chi connectivity index (χ4v) is 4.29. The SMILES string of the molecule is O=C(CNS(=O)(=O)c1cccc(Cl)c1)NCc1cncc(-c2cccs2)c1. The molecule has 27 heavy (non-hydrogen) atoms. The minimum Gasteiger partial charge on any atom is -0.351 e. The zero-order chi connectivity index (χ0) is 19.3. The van der Waals surface area contributed by atoms with Gasteiger partial charge in [0.2, 0.25) is 15.9 Å². The standard InChI is InChI=1S/C18H16ClN3O3S2/c19-15-3-1-4-16(8-15)27(24,25)22-12-18(23)21-10-13-7-14(11-20-9-13)17-5-2-6-26-17/h1-9,11,22H,10,12H2,(H,21,23). The third kappa shape index (κ3) is 5.36. The zero-order valence-corrected chi connectivity index (χ0v) is 16.4. The largest absolute Gasteiger partial charge is 0.351 e. The van der Waals surface area contributed by atoms with Gasteiger partial charge < -0.3 is 5.32 Å². The molecule has 0 aliphatic rings. The van der Waals surface area contributed by atoms with Gasteiger partial charge in [-0.25, -0.2) is 13.1 Å². The molecule has 0 aliphatic heterocycles. The number of halogens is 1. The lowest BCUT2D eigenvalue weighted by Gasteiger charge is -2.09. The smallest absolute Gasteiger partial charge is 0.241 e. The molecule has 3 rings (SSSR count). The van der Waals surface area contributed by atoms with E-state index in [1.54, 1.807) is 29.8 Å². The molecule has 6 nitrogen and oxygen atoms in total. The number of nitrogens with one attached hydrogen (secondary N) is 2. The molecule has 0 unspecified atom stereocenters. The van der Waals surface area contributed by atoms with E-state index in [2.05, 4.69) is 15.0 Å². The summed E-state index contributed by atoms with van der Waals surface area (Å²) in [6.45, 7) is -0.114. The molecule has 0 atom stereocenters. The number of benzene rings is 1. The number of pyridine rings is 1. The van der Waals surface area contributed by atoms with Gasteiger partial charge in [-0.3, -0.25) is 9.78 Å². The number of carbonyl (C=O) groups is 1. The van der Waals surface area contributed by atoms with Crippen LogP contribution in [0.15, 0.2) is 65.1 Å². The molecule has 1 aromatic carbocycles. The number of amides is 1. The second-order valence-corrected chi connectivity index (χ2v) is 8.77. The van der Waals surface area contributed by atoms with Crippen molar-refractivity contribution in [3.63, 3.8) is 0 Å². The van der Waals surface area contributed by atoms with Crippen molar-refractivity contribution in [3.8, 4) is 10.4 Å². The van der Waals surface area contributed by atoms with E-state index >= 15 is 0 Å². The third-order valence-electron chi connectivity index (χ3n) is 3.62. The quantitative estimate of drug-likeness (QED) is 0.613. The number of hydrogen-bond acceptors (Lipinski definition) is 5. The van der Waals surface area contributed by atoms with Gasteiger partial charge in [0.05, 0.1) is 11.4 Å². The van der Waals surface area contributed by atoms with Gasteiger partial charge in [-0.2, -0.15) is 0 Å². The number of aromatic nitrogens is 1. The average molecular weight is 422 g/mol. The molecule has 9 heteroatoms. The van der Waals surface area contributed by atoms with E-state index in [0.717, 1.165) is 16.0 Å². The molecule has 2 aromatic heterocycles. The first-order valence-corrected chi connectivity index (χ1v) is 10.7. The summed E-state index contributed by atoms with van der Waals surface area (Å²) < 4.78 is 26.6. The topological polar surface area (TPSA) is 88.2 Å². The number of thiophene rings is 1. The first-order chi connectivity index (χ1) is 12.9. The van der Waals surface area contributed by atoms with Crippen LogP contribution in [0.25, 0.3) is 10.4 Å². The average Bonchev–Trinajstić information content (AvgIpc) is 3.20. The van der Waals surface area contributed by atoms with E-state index in [9.17, 15) is 13.2 Å². The van der Waals surface area contributed by atoms with Crippen LogP contribution in [0.1, 0.15) is 5.56 Å². The number of carbonyl (C=O) groups excluding carboxylic acids is 1. The third-order valence-corrected chi connectivity index (χ3v) is 6.17. The first kappa shape index (κ1) is 19.5. The fourth-order valence-electron chi connectivity index (χ4n) is 2.30. The van der Waals surface area contributed by atoms with Crippen LogP contribution in [0.5, 0.6) is 0 Å². The Bertz CT molecular complexity index is 1040. The normalized spacial score (nSPS) is 11.3. The molecule has 0 radical (unpaired) electrons. The van der Waals surface area contributed by atoms with Crippen molar-refractivity contribution in [1.29, 1.82) is 0 Å². The highest BCUT2D eigenvalue weighted by atomic mass is 35.5. The monoisotopic (exact) mass is 421 g/mol. The molecule has 0 aliphatic carbocycles. The minimum absolute atomic E-state index is 0.00986. The summed E-state index contributed by atoms with van der Waals surface area (Å²) in [7, 11) is -3.80. The Morgan fingerprint density at radius 1 is 1.15 bits per heavy atom. The van der Waals surface area contributed by atoms with Crippen molar-refractivity contribution in [2.75, 3.05) is 6.54 Å². The summed E-state index contributed by atoms with van der Waals surface area (Å²) in [5.41, 5.74) is 1.80. The van der Waals surface area contributed by atoms with E-state index in [4.69, 9.17) is 11.6 Å². The second-order valence-electron chi connectivity index (χ2n) is 5.62. The van der Waals surface area contributed by atoms with E-state index in [1.165, 1.54) is 18.2 Å². The Kier molecular flexibility index (Phi) is 6.22. The number of rotatable bonds is 7. The van der Waals surface area contributed by atoms with Crippen LogP contribution in [0.4, 0.5) is 0 Å². The molecule has 0 spiro atoms. The van der Waals surface area contributed by atoms with Crippen molar-refractivity contribution in [2.24, 2.45) is 0 Å². The lowest BCUT2D eigenvalue weighted by molar-refractivity contribution is -0.120. The minimum atomic E-state index is -3.80. The number of sulfonamides is 1. The van der Waals surface area contributed by atoms with Crippen LogP contribution >= 0.6 is 22.9 Å². The molecule has 2 N–H and O–H groups in total. The maximum Gasteiger partial charge on any atom is 0.241 e. The number of hydrogen-bond donors (Lipinski definition) is 2. The van der Waals surface area contributed by atoms with Gasteiger partial charge >= 0.3 is 0 Å². The van der Waals surface area contributed by atoms with E-state index in [0.29, 0.717) is 5.02 Å². The van der Waals surface area contributed by atoms with Crippen molar-refractivity contribution in [1.82, 2.24) is 15.0 Å². The van der Waals surface area contributed by atoms with Crippen LogP contribution in [0, 0.1) is 0 Å². The molecular formula is C18H16ClN3O3S2. The summed E-state index contributed by atoms with van der Waals surface area (Å²) in [6.07, 6.45) is 3.42. The predicted molar refractivity (Wildman–Crippen MR) is 106 cm³/mol. The van der Waals surface area contributed by atoms with Crippen molar-refractivity contribution in [2.45, 2.75) is 11.4 Å². The Morgan fingerprint density at radius 3 is 2.74 bits per heavy atom. The van der Waals surface area contributed by atoms with Gasteiger partial charge in [0.25, 0.3) is 0 Å². The molecule has 0 fully saturated rings. The first-order valence-electron chi connectivity index (χ1n) is 7.94. The molecule has 0 saturated carbocycles. The van der Waals surface area contributed by atoms with Crippen LogP contribution < -0.4 is 10.0 Å². The highest BCUT2D eigenvalue weighted by Gasteiger charge is 2.15. The lowest BCUT2D eigenvalue weighted by atomic mass is 10.2. The van der Waals surface area contributed by atoms with Crippen LogP contribution in [-0.4, -0.2) is 25.9 Å². The van der Waals surface area contributed by atoms with Gasteiger partial charge in [0.1, 0.15) is 0 Å². The molecule has 0 saturated heterocycles. The van der Waals surface area contributed by atoms with Crippen LogP contribution in [0.3, 0.4) is 0 Å². The maximum absolute atomic E-state index is 12.2. The second kappa shape index (κ2) is 8.62. The van der Waals surface area contributed by atoms with E-state index < -0.39 is 15.9 Å². The Hall–Kier alpha value is -2.26. The summed E-state index contributed by atoms with van der Waals surface area (Å²) in [5.74, 6) is -0.442. The molecular weight excluding hydrogens is 406 g/mol. The summed E-state index contributed by atoms with van der Waals surface area (Å²) >= 11 is 7.41. The van der Waals surface area contributed by atoms with E-state index in [1.807, 2.05) is 23.6 Å². The molecule has 3 aromatic rings. The predicted octanol–water partition coefficient (Wildman–Crippen LogP) is 3.06. The fraction of sp³-hybridized carbons (Fsp3) is 0.111. The Labute approximate surface area is 166 Å². The van der Waals surface area contributed by atoms with Gasteiger partial charge in [0, 0.05) is 34.4 Å². The van der Waals surface area contributed by atoms with Crippen LogP contribution in [-0.2, 0) is 21.4 Å². The van der Waals surface area contributed by atoms with Crippen molar-refractivity contribution < 1.29 is 13.2 Å². The Balaban J connectivity index is 1.55. The summed E-state index contributed by atoms with van der Waals surface area (Å²) in [5, 5.41) is 4.97. The Morgan fingerprint density at radius 2 is 2.00 bits per heavy atom. The molecule has 2 heterocycles. The maximum atomic E-state index is 12.2. The molecule has 140 valence electrons. The summed E-state index contributed by atoms with van der Waals surface area (Å²) in [4.78, 5) is 17.3. The van der Waals surface area contributed by atoms with Crippen molar-refractivity contribution >= 4 is 38.9 Å². The van der Waals surface area contributed by atoms with Gasteiger partial charge in [-0.15, -0.1) is 11.3 Å². The summed E-state index contributed by atoms with van der Waals surface area (Å²) in [6, 6.07) is 11.7. The van der Waals surface area contributed by atoms with E-state index in [-0.39, 0.29) is 18.0 Å².